The number of methoxy groups -OCH3 is 1. The second kappa shape index (κ2) is 8.80. The number of fused-ring (bicyclic) bond motifs is 1. The lowest BCUT2D eigenvalue weighted by Crippen LogP contribution is -2.32. The zero-order valence-electron chi connectivity index (χ0n) is 17.1. The number of hydrogen-bond donors (Lipinski definition) is 4. The lowest BCUT2D eigenvalue weighted by molar-refractivity contribution is 0.249. The largest absolute Gasteiger partial charge is 0.479 e. The van der Waals surface area contributed by atoms with E-state index < -0.39 is 6.03 Å². The third kappa shape index (κ3) is 4.03. The summed E-state index contributed by atoms with van der Waals surface area (Å²) >= 11 is 0. The summed E-state index contributed by atoms with van der Waals surface area (Å²) in [5, 5.41) is 23.3. The third-order valence-electron chi connectivity index (χ3n) is 4.97. The van der Waals surface area contributed by atoms with Gasteiger partial charge in [-0.3, -0.25) is 15.4 Å². The number of ether oxygens (including phenoxy) is 1. The number of pyridine rings is 2. The Labute approximate surface area is 178 Å². The van der Waals surface area contributed by atoms with E-state index in [1.165, 1.54) is 7.11 Å². The maximum Gasteiger partial charge on any atom is 0.320 e. The van der Waals surface area contributed by atoms with Crippen molar-refractivity contribution in [1.82, 2.24) is 25.5 Å². The highest BCUT2D eigenvalue weighted by Crippen LogP contribution is 2.36. The molecule has 1 atom stereocenters. The summed E-state index contributed by atoms with van der Waals surface area (Å²) in [4.78, 5) is 21.4. The summed E-state index contributed by atoms with van der Waals surface area (Å²) in [5.41, 5.74) is 3.23. The predicted octanol–water partition coefficient (Wildman–Crippen LogP) is 3.40. The fraction of sp³-hybridized carbons (Fsp3) is 0.182. The molecule has 0 saturated heterocycles. The van der Waals surface area contributed by atoms with Gasteiger partial charge in [0.05, 0.1) is 36.4 Å². The van der Waals surface area contributed by atoms with E-state index in [0.29, 0.717) is 28.0 Å². The quantitative estimate of drug-likeness (QED) is 0.380. The fourth-order valence-corrected chi connectivity index (χ4v) is 3.41. The lowest BCUT2D eigenvalue weighted by Gasteiger charge is -2.17. The minimum absolute atomic E-state index is 0.213. The number of amides is 2. The molecule has 0 aliphatic carbocycles. The van der Waals surface area contributed by atoms with Gasteiger partial charge in [0.1, 0.15) is 5.82 Å². The summed E-state index contributed by atoms with van der Waals surface area (Å²) in [6.45, 7) is 1.54. The molecule has 158 valence electrons. The minimum atomic E-state index is -0.440. The van der Waals surface area contributed by atoms with Crippen LogP contribution in [0.5, 0.6) is 5.88 Å². The molecule has 4 N–H and O–H groups in total. The normalized spacial score (nSPS) is 11.8. The molecule has 0 aliphatic rings. The molecule has 0 aliphatic heterocycles. The molecule has 0 spiro atoms. The van der Waals surface area contributed by atoms with E-state index >= 15 is 0 Å². The molecular formula is C22H22N6O3. The first-order chi connectivity index (χ1) is 15.1. The first-order valence-corrected chi connectivity index (χ1v) is 9.71. The van der Waals surface area contributed by atoms with Gasteiger partial charge in [0.25, 0.3) is 0 Å². The van der Waals surface area contributed by atoms with Crippen molar-refractivity contribution in [3.05, 3.63) is 66.0 Å². The Morgan fingerprint density at radius 2 is 1.94 bits per heavy atom. The van der Waals surface area contributed by atoms with E-state index in [1.807, 2.05) is 37.3 Å². The number of nitrogens with one attached hydrogen (secondary N) is 3. The average Bonchev–Trinajstić information content (AvgIpc) is 3.23. The van der Waals surface area contributed by atoms with Crippen LogP contribution < -0.4 is 15.4 Å². The molecule has 4 rings (SSSR count). The summed E-state index contributed by atoms with van der Waals surface area (Å²) in [6.07, 6.45) is 3.30. The summed E-state index contributed by atoms with van der Waals surface area (Å²) in [7, 11) is 1.51. The number of H-pyrrole nitrogens is 1. The number of carbonyl (C=O) groups excluding carboxylic acids is 1. The Kier molecular flexibility index (Phi) is 5.76. The molecule has 1 aromatic carbocycles. The van der Waals surface area contributed by atoms with Crippen LogP contribution in [0, 0.1) is 0 Å². The van der Waals surface area contributed by atoms with Crippen LogP contribution >= 0.6 is 0 Å². The van der Waals surface area contributed by atoms with Gasteiger partial charge < -0.3 is 15.2 Å². The number of aliphatic hydroxyl groups excluding tert-OH is 1. The Morgan fingerprint density at radius 3 is 2.61 bits per heavy atom. The molecule has 1 unspecified atom stereocenters. The van der Waals surface area contributed by atoms with Gasteiger partial charge in [-0.1, -0.05) is 30.3 Å². The van der Waals surface area contributed by atoms with Crippen LogP contribution in [0.2, 0.25) is 0 Å². The van der Waals surface area contributed by atoms with Gasteiger partial charge in [-0.2, -0.15) is 0 Å². The van der Waals surface area contributed by atoms with Crippen LogP contribution in [0.3, 0.4) is 0 Å². The molecule has 0 saturated carbocycles. The second-order valence-corrected chi connectivity index (χ2v) is 6.90. The van der Waals surface area contributed by atoms with E-state index in [-0.39, 0.29) is 18.5 Å². The van der Waals surface area contributed by atoms with Gasteiger partial charge in [-0.25, -0.2) is 9.78 Å². The number of carbonyl (C=O) groups is 1. The number of hydrogen-bond acceptors (Lipinski definition) is 6. The Bertz CT molecular complexity index is 1190. The number of nitrogens with zero attached hydrogens (tertiary/aromatic N) is 3. The van der Waals surface area contributed by atoms with E-state index in [4.69, 9.17) is 4.74 Å². The van der Waals surface area contributed by atoms with E-state index in [1.54, 1.807) is 24.5 Å². The molecule has 0 bridgehead atoms. The predicted molar refractivity (Wildman–Crippen MR) is 117 cm³/mol. The molecule has 3 aromatic heterocycles. The van der Waals surface area contributed by atoms with Gasteiger partial charge in [0.2, 0.25) is 5.88 Å². The number of urea groups is 1. The third-order valence-corrected chi connectivity index (χ3v) is 4.97. The fourth-order valence-electron chi connectivity index (χ4n) is 3.41. The van der Waals surface area contributed by atoms with Gasteiger partial charge >= 0.3 is 6.03 Å². The van der Waals surface area contributed by atoms with Crippen molar-refractivity contribution in [2.24, 2.45) is 0 Å². The molecule has 4 aromatic rings. The molecule has 2 amide bonds. The van der Waals surface area contributed by atoms with Crippen LogP contribution in [0.15, 0.2) is 54.9 Å². The Balaban J connectivity index is 1.73. The number of anilines is 1. The van der Waals surface area contributed by atoms with Gasteiger partial charge in [0.15, 0.2) is 0 Å². The van der Waals surface area contributed by atoms with Crippen LogP contribution in [-0.4, -0.2) is 38.4 Å². The maximum absolute atomic E-state index is 12.7. The number of aliphatic hydroxyl groups is 1. The highest BCUT2D eigenvalue weighted by atomic mass is 16.5. The highest BCUT2D eigenvalue weighted by molar-refractivity contribution is 6.02. The molecule has 9 nitrogen and oxygen atoms in total. The van der Waals surface area contributed by atoms with Gasteiger partial charge in [0, 0.05) is 23.5 Å². The summed E-state index contributed by atoms with van der Waals surface area (Å²) < 4.78 is 5.37. The molecule has 0 fully saturated rings. The Morgan fingerprint density at radius 1 is 1.19 bits per heavy atom. The zero-order chi connectivity index (χ0) is 21.8. The van der Waals surface area contributed by atoms with E-state index in [9.17, 15) is 9.90 Å². The van der Waals surface area contributed by atoms with Gasteiger partial charge in [-0.05, 0) is 24.6 Å². The molecule has 31 heavy (non-hydrogen) atoms. The number of aromatic nitrogens is 4. The zero-order valence-corrected chi connectivity index (χ0v) is 17.1. The molecule has 9 heteroatoms. The molecular weight excluding hydrogens is 396 g/mol. The SMILES string of the molecule is COc1n[nH]c2c(CO)c(NC(=O)NC(C)c3ccccc3)nc(-c3ccncc3)c12. The van der Waals surface area contributed by atoms with Crippen molar-refractivity contribution in [3.63, 3.8) is 0 Å². The summed E-state index contributed by atoms with van der Waals surface area (Å²) in [5.74, 6) is 0.573. The first kappa shape index (κ1) is 20.3. The monoisotopic (exact) mass is 418 g/mol. The number of benzene rings is 1. The van der Waals surface area contributed by atoms with E-state index in [2.05, 4.69) is 30.8 Å². The first-order valence-electron chi connectivity index (χ1n) is 9.71. The standard InChI is InChI=1S/C22H22N6O3/c1-13(14-6-4-3-5-7-14)24-22(30)26-20-16(12-29)19-17(21(31-2)28-27-19)18(25-20)15-8-10-23-11-9-15/h3-11,13,29H,12H2,1-2H3,(H,27,28)(H2,24,25,26,30). The summed E-state index contributed by atoms with van der Waals surface area (Å²) in [6, 6.07) is 12.6. The highest BCUT2D eigenvalue weighted by Gasteiger charge is 2.22. The lowest BCUT2D eigenvalue weighted by atomic mass is 10.1. The van der Waals surface area contributed by atoms with Crippen LogP contribution in [-0.2, 0) is 6.61 Å². The van der Waals surface area contributed by atoms with Crippen LogP contribution in [0.4, 0.5) is 10.6 Å². The topological polar surface area (TPSA) is 125 Å². The van der Waals surface area contributed by atoms with Crippen molar-refractivity contribution in [3.8, 4) is 17.1 Å². The van der Waals surface area contributed by atoms with Crippen molar-refractivity contribution in [2.45, 2.75) is 19.6 Å². The van der Waals surface area contributed by atoms with Crippen molar-refractivity contribution < 1.29 is 14.6 Å². The number of rotatable bonds is 6. The average molecular weight is 418 g/mol. The molecule has 3 heterocycles. The van der Waals surface area contributed by atoms with Crippen molar-refractivity contribution in [2.75, 3.05) is 12.4 Å². The Hall–Kier alpha value is -3.98. The van der Waals surface area contributed by atoms with Crippen LogP contribution in [0.1, 0.15) is 24.1 Å². The maximum atomic E-state index is 12.7. The number of aromatic amines is 1. The minimum Gasteiger partial charge on any atom is -0.479 e. The second-order valence-electron chi connectivity index (χ2n) is 6.90. The van der Waals surface area contributed by atoms with Crippen molar-refractivity contribution in [1.29, 1.82) is 0 Å². The van der Waals surface area contributed by atoms with Crippen molar-refractivity contribution >= 4 is 22.8 Å². The van der Waals surface area contributed by atoms with Gasteiger partial charge in [-0.15, -0.1) is 5.10 Å². The molecule has 0 radical (unpaired) electrons. The van der Waals surface area contributed by atoms with Crippen LogP contribution in [0.25, 0.3) is 22.2 Å². The smallest absolute Gasteiger partial charge is 0.320 e. The van der Waals surface area contributed by atoms with E-state index in [0.717, 1.165) is 11.1 Å².